The molecule has 0 spiro atoms. The van der Waals surface area contributed by atoms with Crippen LogP contribution in [-0.2, 0) is 15.5 Å². The Bertz CT molecular complexity index is 453. The van der Waals surface area contributed by atoms with Crippen LogP contribution < -0.4 is 0 Å². The molecule has 1 heterocycles. The summed E-state index contributed by atoms with van der Waals surface area (Å²) < 4.78 is 17.5. The van der Waals surface area contributed by atoms with Gasteiger partial charge in [0, 0.05) is 23.0 Å². The molecule has 0 N–H and O–H groups in total. The van der Waals surface area contributed by atoms with Crippen LogP contribution in [0.4, 0.5) is 0 Å². The van der Waals surface area contributed by atoms with Crippen molar-refractivity contribution in [2.45, 2.75) is 31.6 Å². The average molecular weight is 266 g/mol. The van der Waals surface area contributed by atoms with Gasteiger partial charge in [-0.3, -0.25) is 9.00 Å². The molecule has 0 saturated carbocycles. The molecular formula is C14H18O3S. The number of ketones is 1. The van der Waals surface area contributed by atoms with Gasteiger partial charge in [0.2, 0.25) is 0 Å². The molecule has 1 aromatic rings. The van der Waals surface area contributed by atoms with E-state index in [0.29, 0.717) is 12.2 Å². The van der Waals surface area contributed by atoms with Gasteiger partial charge in [0.15, 0.2) is 5.78 Å². The van der Waals surface area contributed by atoms with Gasteiger partial charge in [-0.1, -0.05) is 29.8 Å². The molecule has 98 valence electrons. The van der Waals surface area contributed by atoms with Crippen molar-refractivity contribution in [3.8, 4) is 0 Å². The summed E-state index contributed by atoms with van der Waals surface area (Å²) in [5.74, 6) is 0.0500. The lowest BCUT2D eigenvalue weighted by Gasteiger charge is -2.13. The molecule has 2 rings (SSSR count). The zero-order valence-corrected chi connectivity index (χ0v) is 11.5. The molecule has 4 heteroatoms. The summed E-state index contributed by atoms with van der Waals surface area (Å²) >= 11 is 0. The number of benzene rings is 1. The van der Waals surface area contributed by atoms with Gasteiger partial charge in [-0.25, -0.2) is 0 Å². The third-order valence-electron chi connectivity index (χ3n) is 3.29. The quantitative estimate of drug-likeness (QED) is 0.784. The summed E-state index contributed by atoms with van der Waals surface area (Å²) in [6.07, 6.45) is 0.784. The topological polar surface area (TPSA) is 43.4 Å². The van der Waals surface area contributed by atoms with Crippen molar-refractivity contribution in [3.63, 3.8) is 0 Å². The SMILES string of the molecule is Cc1ccc(C(=O)CS(=O)C2CCOC2C)cc1. The lowest BCUT2D eigenvalue weighted by molar-refractivity contribution is 0.102. The zero-order chi connectivity index (χ0) is 13.1. The molecule has 0 aliphatic carbocycles. The second-order valence-electron chi connectivity index (χ2n) is 4.72. The minimum Gasteiger partial charge on any atom is -0.377 e. The second-order valence-corrected chi connectivity index (χ2v) is 6.37. The van der Waals surface area contributed by atoms with Crippen molar-refractivity contribution < 1.29 is 13.7 Å². The van der Waals surface area contributed by atoms with E-state index in [-0.39, 0.29) is 22.9 Å². The van der Waals surface area contributed by atoms with Gasteiger partial charge in [0.25, 0.3) is 0 Å². The Morgan fingerprint density at radius 2 is 2.06 bits per heavy atom. The normalized spacial score (nSPS) is 25.0. The van der Waals surface area contributed by atoms with E-state index >= 15 is 0 Å². The lowest BCUT2D eigenvalue weighted by atomic mass is 10.1. The van der Waals surface area contributed by atoms with Gasteiger partial charge < -0.3 is 4.74 Å². The molecule has 1 aliphatic rings. The van der Waals surface area contributed by atoms with E-state index in [2.05, 4.69) is 0 Å². The summed E-state index contributed by atoms with van der Waals surface area (Å²) in [5.41, 5.74) is 1.76. The number of rotatable bonds is 4. The van der Waals surface area contributed by atoms with E-state index in [4.69, 9.17) is 4.74 Å². The number of carbonyl (C=O) groups is 1. The van der Waals surface area contributed by atoms with E-state index in [1.54, 1.807) is 12.1 Å². The molecule has 3 nitrogen and oxygen atoms in total. The molecule has 0 radical (unpaired) electrons. The second kappa shape index (κ2) is 5.76. The molecule has 1 aromatic carbocycles. The molecule has 1 aliphatic heterocycles. The van der Waals surface area contributed by atoms with Crippen LogP contribution in [-0.4, -0.2) is 33.7 Å². The minimum absolute atomic E-state index is 0.000557. The zero-order valence-electron chi connectivity index (χ0n) is 10.7. The predicted octanol–water partition coefficient (Wildman–Crippen LogP) is 2.10. The molecule has 3 atom stereocenters. The third kappa shape index (κ3) is 3.06. The molecule has 1 saturated heterocycles. The highest BCUT2D eigenvalue weighted by molar-refractivity contribution is 7.86. The average Bonchev–Trinajstić information content (AvgIpc) is 2.76. The number of aryl methyl sites for hydroxylation is 1. The van der Waals surface area contributed by atoms with Crippen molar-refractivity contribution in [2.75, 3.05) is 12.4 Å². The molecule has 3 unspecified atom stereocenters. The maximum atomic E-state index is 12.1. The molecule has 18 heavy (non-hydrogen) atoms. The Kier molecular flexibility index (Phi) is 4.30. The van der Waals surface area contributed by atoms with Gasteiger partial charge in [0.05, 0.1) is 17.1 Å². The summed E-state index contributed by atoms with van der Waals surface area (Å²) in [6.45, 7) is 4.55. The van der Waals surface area contributed by atoms with Gasteiger partial charge in [-0.05, 0) is 20.3 Å². The number of Topliss-reactive ketones (excluding diaryl/α,β-unsaturated/α-hetero) is 1. The van der Waals surface area contributed by atoms with Crippen molar-refractivity contribution in [1.29, 1.82) is 0 Å². The Morgan fingerprint density at radius 3 is 2.61 bits per heavy atom. The Morgan fingerprint density at radius 1 is 1.39 bits per heavy atom. The van der Waals surface area contributed by atoms with Crippen LogP contribution in [0.5, 0.6) is 0 Å². The standard InChI is InChI=1S/C14H18O3S/c1-10-3-5-12(6-4-10)13(15)9-18(16)14-7-8-17-11(14)2/h3-6,11,14H,7-9H2,1-2H3. The van der Waals surface area contributed by atoms with E-state index in [9.17, 15) is 9.00 Å². The van der Waals surface area contributed by atoms with Crippen molar-refractivity contribution >= 4 is 16.6 Å². The van der Waals surface area contributed by atoms with Gasteiger partial charge >= 0.3 is 0 Å². The highest BCUT2D eigenvalue weighted by Gasteiger charge is 2.30. The summed E-state index contributed by atoms with van der Waals surface area (Å²) in [4.78, 5) is 12.0. The first kappa shape index (κ1) is 13.4. The molecule has 0 aromatic heterocycles. The summed E-state index contributed by atoms with van der Waals surface area (Å²) in [5, 5.41) is -0.000557. The fourth-order valence-corrected chi connectivity index (χ4v) is 3.62. The Balaban J connectivity index is 1.99. The van der Waals surface area contributed by atoms with Crippen molar-refractivity contribution in [2.24, 2.45) is 0 Å². The Labute approximate surface area is 110 Å². The molecule has 0 amide bonds. The first-order valence-corrected chi connectivity index (χ1v) is 7.55. The number of carbonyl (C=O) groups excluding carboxylic acids is 1. The van der Waals surface area contributed by atoms with Gasteiger partial charge in [-0.15, -0.1) is 0 Å². The maximum absolute atomic E-state index is 12.1. The first-order chi connectivity index (χ1) is 8.58. The molecular weight excluding hydrogens is 248 g/mol. The van der Waals surface area contributed by atoms with Crippen LogP contribution in [0.25, 0.3) is 0 Å². The first-order valence-electron chi connectivity index (χ1n) is 6.16. The van der Waals surface area contributed by atoms with Crippen molar-refractivity contribution in [3.05, 3.63) is 35.4 Å². The van der Waals surface area contributed by atoms with Crippen LogP contribution >= 0.6 is 0 Å². The largest absolute Gasteiger partial charge is 0.377 e. The fourth-order valence-electron chi connectivity index (χ4n) is 2.12. The van der Waals surface area contributed by atoms with Crippen LogP contribution in [0.2, 0.25) is 0 Å². The van der Waals surface area contributed by atoms with E-state index in [0.717, 1.165) is 12.0 Å². The van der Waals surface area contributed by atoms with E-state index in [1.165, 1.54) is 0 Å². The summed E-state index contributed by atoms with van der Waals surface area (Å²) in [6, 6.07) is 7.39. The van der Waals surface area contributed by atoms with Crippen LogP contribution in [0.15, 0.2) is 24.3 Å². The third-order valence-corrected chi connectivity index (χ3v) is 5.13. The lowest BCUT2D eigenvalue weighted by Crippen LogP contribution is -2.27. The molecule has 1 fully saturated rings. The van der Waals surface area contributed by atoms with Crippen LogP contribution in [0.1, 0.15) is 29.3 Å². The van der Waals surface area contributed by atoms with Gasteiger partial charge in [-0.2, -0.15) is 0 Å². The fraction of sp³-hybridized carbons (Fsp3) is 0.500. The number of hydrogen-bond acceptors (Lipinski definition) is 3. The number of ether oxygens (including phenoxy) is 1. The maximum Gasteiger partial charge on any atom is 0.175 e. The highest BCUT2D eigenvalue weighted by atomic mass is 32.2. The van der Waals surface area contributed by atoms with Gasteiger partial charge in [0.1, 0.15) is 0 Å². The van der Waals surface area contributed by atoms with E-state index < -0.39 is 10.8 Å². The van der Waals surface area contributed by atoms with E-state index in [1.807, 2.05) is 26.0 Å². The van der Waals surface area contributed by atoms with Crippen LogP contribution in [0, 0.1) is 6.92 Å². The molecule has 0 bridgehead atoms. The van der Waals surface area contributed by atoms with Crippen molar-refractivity contribution in [1.82, 2.24) is 0 Å². The minimum atomic E-state index is -1.14. The monoisotopic (exact) mass is 266 g/mol. The number of hydrogen-bond donors (Lipinski definition) is 0. The van der Waals surface area contributed by atoms with Crippen LogP contribution in [0.3, 0.4) is 0 Å². The Hall–Kier alpha value is -1.00. The highest BCUT2D eigenvalue weighted by Crippen LogP contribution is 2.19. The summed E-state index contributed by atoms with van der Waals surface area (Å²) in [7, 11) is -1.14. The predicted molar refractivity (Wildman–Crippen MR) is 72.3 cm³/mol. The smallest absolute Gasteiger partial charge is 0.175 e.